The van der Waals surface area contributed by atoms with Crippen LogP contribution in [0.2, 0.25) is 0 Å². The van der Waals surface area contributed by atoms with Gasteiger partial charge in [-0.3, -0.25) is 29.0 Å². The van der Waals surface area contributed by atoms with Crippen molar-refractivity contribution in [1.29, 1.82) is 0 Å². The van der Waals surface area contributed by atoms with Crippen LogP contribution in [-0.2, 0) is 30.5 Å². The molecule has 192 valence electrons. The summed E-state index contributed by atoms with van der Waals surface area (Å²) >= 11 is 0. The molecule has 3 aliphatic rings. The fourth-order valence-electron chi connectivity index (χ4n) is 6.12. The van der Waals surface area contributed by atoms with Crippen LogP contribution in [0.15, 0.2) is 42.7 Å². The molecule has 11 heteroatoms. The lowest BCUT2D eigenvalue weighted by Gasteiger charge is -2.53. The Morgan fingerprint density at radius 3 is 2.57 bits per heavy atom. The summed E-state index contributed by atoms with van der Waals surface area (Å²) in [4.78, 5) is 68.8. The number of fused-ring (bicyclic) bond motifs is 3. The Morgan fingerprint density at radius 1 is 1.14 bits per heavy atom. The summed E-state index contributed by atoms with van der Waals surface area (Å²) < 4.78 is 5.86. The van der Waals surface area contributed by atoms with E-state index >= 15 is 0 Å². The van der Waals surface area contributed by atoms with Crippen molar-refractivity contribution in [3.63, 3.8) is 0 Å². The molecule has 2 fully saturated rings. The number of ether oxygens (including phenoxy) is 1. The van der Waals surface area contributed by atoms with E-state index in [0.29, 0.717) is 5.56 Å². The number of phenols is 1. The second-order valence-electron chi connectivity index (χ2n) is 9.74. The average molecular weight is 508 g/mol. The number of aliphatic hydroxyl groups excluding tert-OH is 1. The minimum Gasteiger partial charge on any atom is -0.507 e. The van der Waals surface area contributed by atoms with Gasteiger partial charge in [-0.15, -0.1) is 0 Å². The molecule has 3 aliphatic carbocycles. The molecule has 0 spiro atoms. The van der Waals surface area contributed by atoms with Gasteiger partial charge >= 0.3 is 0 Å². The van der Waals surface area contributed by atoms with Gasteiger partial charge in [-0.1, -0.05) is 18.2 Å². The molecule has 1 amide bonds. The number of aliphatic hydroxyl groups is 2. The molecule has 7 atom stereocenters. The van der Waals surface area contributed by atoms with Gasteiger partial charge in [-0.2, -0.15) is 0 Å². The van der Waals surface area contributed by atoms with E-state index in [4.69, 9.17) is 10.5 Å². The summed E-state index contributed by atoms with van der Waals surface area (Å²) in [6, 6.07) is 7.85. The van der Waals surface area contributed by atoms with Crippen LogP contribution in [0.3, 0.4) is 0 Å². The quantitative estimate of drug-likeness (QED) is 0.381. The van der Waals surface area contributed by atoms with Gasteiger partial charge < -0.3 is 25.8 Å². The van der Waals surface area contributed by atoms with Gasteiger partial charge in [0.05, 0.1) is 30.8 Å². The van der Waals surface area contributed by atoms with Crippen LogP contribution in [-0.4, -0.2) is 67.7 Å². The third kappa shape index (κ3) is 3.61. The van der Waals surface area contributed by atoms with Crippen LogP contribution in [0.25, 0.3) is 0 Å². The number of pyridine rings is 1. The topological polar surface area (TPSA) is 194 Å². The summed E-state index contributed by atoms with van der Waals surface area (Å²) in [6.45, 7) is 0.0274. The lowest BCUT2D eigenvalue weighted by molar-refractivity contribution is -0.190. The summed E-state index contributed by atoms with van der Waals surface area (Å²) in [5.74, 6) is -13.5. The largest absolute Gasteiger partial charge is 0.507 e. The highest BCUT2D eigenvalue weighted by Gasteiger charge is 2.70. The van der Waals surface area contributed by atoms with Crippen LogP contribution in [0.5, 0.6) is 5.75 Å². The van der Waals surface area contributed by atoms with Crippen molar-refractivity contribution in [3.8, 4) is 5.75 Å². The highest BCUT2D eigenvalue weighted by molar-refractivity contribution is 6.31. The number of ketones is 4. The standard InChI is InChI=1S/C26H24N2O9/c27-25(35)19-16(30)7-14-21(31)18-13(10-37-9-11-3-2-6-28-8-11)12-4-1-5-15(29)17(12)22(32)20(18)24(34)26(14,36)23(19)33/h1-6,8,13-14,18-21,29,31,36H,7,9-10H2,(H2,27,35)/t13-,14+,18+,19?,20?,21+,26+/m0/s1. The number of primary amides is 1. The van der Waals surface area contributed by atoms with E-state index in [1.165, 1.54) is 12.1 Å². The molecule has 1 aromatic carbocycles. The molecule has 0 bridgehead atoms. The molecule has 0 radical (unpaired) electrons. The Labute approximate surface area is 210 Å². The van der Waals surface area contributed by atoms with Gasteiger partial charge in [0.2, 0.25) is 5.91 Å². The predicted octanol–water partition coefficient (Wildman–Crippen LogP) is -0.549. The van der Waals surface area contributed by atoms with Crippen LogP contribution >= 0.6 is 0 Å². The molecule has 0 aliphatic heterocycles. The number of hydrogen-bond donors (Lipinski definition) is 4. The van der Waals surface area contributed by atoms with Crippen molar-refractivity contribution in [1.82, 2.24) is 4.98 Å². The second kappa shape index (κ2) is 8.94. The second-order valence-corrected chi connectivity index (χ2v) is 9.74. The maximum absolute atomic E-state index is 13.7. The maximum atomic E-state index is 13.7. The van der Waals surface area contributed by atoms with Gasteiger partial charge in [0.25, 0.3) is 0 Å². The van der Waals surface area contributed by atoms with Crippen molar-refractivity contribution in [3.05, 3.63) is 59.4 Å². The molecule has 11 nitrogen and oxygen atoms in total. The van der Waals surface area contributed by atoms with Gasteiger partial charge in [0.1, 0.15) is 5.75 Å². The minimum atomic E-state index is -2.97. The van der Waals surface area contributed by atoms with Crippen LogP contribution in [0.1, 0.15) is 33.8 Å². The number of benzene rings is 1. The van der Waals surface area contributed by atoms with Gasteiger partial charge in [0, 0.05) is 36.6 Å². The highest BCUT2D eigenvalue weighted by Crippen LogP contribution is 2.54. The van der Waals surface area contributed by atoms with Crippen molar-refractivity contribution in [2.45, 2.75) is 30.7 Å². The van der Waals surface area contributed by atoms with E-state index in [9.17, 15) is 39.3 Å². The van der Waals surface area contributed by atoms with Crippen molar-refractivity contribution in [2.75, 3.05) is 6.61 Å². The Bertz CT molecular complexity index is 1330. The predicted molar refractivity (Wildman–Crippen MR) is 123 cm³/mol. The fourth-order valence-corrected chi connectivity index (χ4v) is 6.12. The number of carbonyl (C=O) groups excluding carboxylic acids is 5. The number of nitrogens with two attached hydrogens (primary N) is 1. The van der Waals surface area contributed by atoms with Crippen LogP contribution in [0.4, 0.5) is 0 Å². The lowest BCUT2D eigenvalue weighted by Crippen LogP contribution is -2.72. The fraction of sp³-hybridized carbons (Fsp3) is 0.385. The minimum absolute atomic E-state index is 0.0961. The smallest absolute Gasteiger partial charge is 0.235 e. The molecular formula is C26H24N2O9. The molecule has 5 rings (SSSR count). The number of phenolic OH excluding ortho intramolecular Hbond substituents is 1. The van der Waals surface area contributed by atoms with Crippen LogP contribution in [0, 0.1) is 23.7 Å². The normalized spacial score (nSPS) is 32.9. The number of carbonyl (C=O) groups is 5. The molecule has 1 heterocycles. The van der Waals surface area contributed by atoms with Crippen molar-refractivity contribution in [2.24, 2.45) is 29.4 Å². The van der Waals surface area contributed by atoms with E-state index in [1.807, 2.05) is 0 Å². The number of rotatable bonds is 5. The first kappa shape index (κ1) is 24.9. The molecule has 1 aromatic heterocycles. The lowest BCUT2D eigenvalue weighted by atomic mass is 9.50. The number of nitrogens with zero attached hydrogens (tertiary/aromatic N) is 1. The summed E-state index contributed by atoms with van der Waals surface area (Å²) in [5, 5.41) is 33.3. The number of aromatic hydroxyl groups is 1. The first-order chi connectivity index (χ1) is 17.6. The van der Waals surface area contributed by atoms with E-state index in [0.717, 1.165) is 5.56 Å². The molecule has 2 aromatic rings. The van der Waals surface area contributed by atoms with Crippen LogP contribution < -0.4 is 5.73 Å². The monoisotopic (exact) mass is 508 g/mol. The maximum Gasteiger partial charge on any atom is 0.235 e. The Hall–Kier alpha value is -3.80. The van der Waals surface area contributed by atoms with E-state index < -0.39 is 82.5 Å². The van der Waals surface area contributed by atoms with Crippen molar-refractivity contribution >= 4 is 29.0 Å². The molecule has 37 heavy (non-hydrogen) atoms. The first-order valence-electron chi connectivity index (χ1n) is 11.7. The molecule has 5 N–H and O–H groups in total. The molecule has 2 unspecified atom stereocenters. The zero-order chi connectivity index (χ0) is 26.6. The van der Waals surface area contributed by atoms with Gasteiger partial charge in [-0.05, 0) is 23.3 Å². The van der Waals surface area contributed by atoms with E-state index in [2.05, 4.69) is 4.98 Å². The number of aromatic nitrogens is 1. The molecule has 0 saturated heterocycles. The third-order valence-corrected chi connectivity index (χ3v) is 7.81. The SMILES string of the molecule is NC(=O)C1C(=O)C[C@@H]2[C@@H](O)[C@H]3C(C(=O)c4c(O)cccc4[C@@H]3COCc3cccnc3)C(=O)[C@]2(O)C1=O. The third-order valence-electron chi connectivity index (χ3n) is 7.81. The summed E-state index contributed by atoms with van der Waals surface area (Å²) in [7, 11) is 0. The highest BCUT2D eigenvalue weighted by atomic mass is 16.5. The summed E-state index contributed by atoms with van der Waals surface area (Å²) in [5.41, 5.74) is 3.13. The first-order valence-corrected chi connectivity index (χ1v) is 11.7. The van der Waals surface area contributed by atoms with E-state index in [1.54, 1.807) is 30.6 Å². The Balaban J connectivity index is 1.58. The number of hydrogen-bond acceptors (Lipinski definition) is 10. The van der Waals surface area contributed by atoms with E-state index in [-0.39, 0.29) is 18.8 Å². The molecule has 2 saturated carbocycles. The van der Waals surface area contributed by atoms with Crippen molar-refractivity contribution < 1.29 is 44.0 Å². The number of Topliss-reactive ketones (excluding diaryl/α,β-unsaturated/α-hetero) is 4. The number of amides is 1. The summed E-state index contributed by atoms with van der Waals surface area (Å²) in [6.07, 6.45) is 0.873. The van der Waals surface area contributed by atoms with Gasteiger partial charge in [-0.25, -0.2) is 0 Å². The zero-order valence-electron chi connectivity index (χ0n) is 19.4. The Kier molecular flexibility index (Phi) is 6.01. The average Bonchev–Trinajstić information content (AvgIpc) is 2.86. The molecular weight excluding hydrogens is 484 g/mol. The Morgan fingerprint density at radius 2 is 1.89 bits per heavy atom. The zero-order valence-corrected chi connectivity index (χ0v) is 19.4. The van der Waals surface area contributed by atoms with Gasteiger partial charge in [0.15, 0.2) is 34.7 Å².